The smallest absolute Gasteiger partial charge is 0.342 e. The molecule has 0 aliphatic rings. The molecule has 0 bridgehead atoms. The Morgan fingerprint density at radius 3 is 1.80 bits per heavy atom. The van der Waals surface area contributed by atoms with Crippen molar-refractivity contribution in [2.45, 2.75) is 83.2 Å². The van der Waals surface area contributed by atoms with E-state index >= 15 is 0 Å². The largest absolute Gasteiger partial charge is 0.459 e. The third kappa shape index (κ3) is 8.82. The van der Waals surface area contributed by atoms with E-state index in [9.17, 15) is 19.2 Å². The molecule has 218 valence electrons. The molecule has 0 radical (unpaired) electrons. The second-order valence-corrected chi connectivity index (χ2v) is 12.0. The van der Waals surface area contributed by atoms with Gasteiger partial charge in [0.25, 0.3) is 0 Å². The average molecular weight is 573 g/mol. The molecule has 9 nitrogen and oxygen atoms in total. The summed E-state index contributed by atoms with van der Waals surface area (Å²) in [6.07, 6.45) is -1.27. The first-order valence-electron chi connectivity index (χ1n) is 12.9. The van der Waals surface area contributed by atoms with Gasteiger partial charge in [0.2, 0.25) is 17.7 Å². The number of carbonyl (C=O) groups excluding carboxylic acids is 4. The van der Waals surface area contributed by atoms with Crippen LogP contribution in [0.2, 0.25) is 0 Å². The van der Waals surface area contributed by atoms with Gasteiger partial charge in [0.05, 0.1) is 0 Å². The molecule has 0 heterocycles. The number of carbonyl (C=O) groups is 4. The molecule has 10 heteroatoms. The highest BCUT2D eigenvalue weighted by Gasteiger charge is 2.62. The number of ether oxygens (including phenoxy) is 3. The summed E-state index contributed by atoms with van der Waals surface area (Å²) < 4.78 is 17.1. The zero-order valence-corrected chi connectivity index (χ0v) is 25.3. The van der Waals surface area contributed by atoms with E-state index in [2.05, 4.69) is 17.9 Å². The average Bonchev–Trinajstić information content (AvgIpc) is 2.82. The van der Waals surface area contributed by atoms with Crippen LogP contribution in [0.15, 0.2) is 60.7 Å². The van der Waals surface area contributed by atoms with E-state index in [1.54, 1.807) is 71.9 Å². The lowest BCUT2D eigenvalue weighted by Gasteiger charge is -2.42. The van der Waals surface area contributed by atoms with E-state index in [1.165, 1.54) is 18.9 Å². The van der Waals surface area contributed by atoms with Crippen LogP contribution in [0.1, 0.15) is 65.8 Å². The molecule has 0 saturated carbocycles. The predicted molar refractivity (Wildman–Crippen MR) is 154 cm³/mol. The highest BCUT2D eigenvalue weighted by atomic mass is 32.1. The Morgan fingerprint density at radius 1 is 0.825 bits per heavy atom. The van der Waals surface area contributed by atoms with Gasteiger partial charge in [-0.25, -0.2) is 9.59 Å². The summed E-state index contributed by atoms with van der Waals surface area (Å²) in [5.74, 6) is -3.59. The van der Waals surface area contributed by atoms with E-state index in [1.807, 2.05) is 30.3 Å². The van der Waals surface area contributed by atoms with E-state index in [-0.39, 0.29) is 6.54 Å². The Labute approximate surface area is 242 Å². The number of nitrogens with one attached hydrogen (secondary N) is 1. The maximum absolute atomic E-state index is 14.3. The van der Waals surface area contributed by atoms with Gasteiger partial charge in [-0.2, -0.15) is 12.6 Å². The molecule has 0 aliphatic carbocycles. The van der Waals surface area contributed by atoms with Crippen molar-refractivity contribution in [2.24, 2.45) is 0 Å². The zero-order chi connectivity index (χ0) is 30.3. The summed E-state index contributed by atoms with van der Waals surface area (Å²) in [5, 5.41) is 0.918. The van der Waals surface area contributed by atoms with Crippen molar-refractivity contribution < 1.29 is 33.4 Å². The van der Waals surface area contributed by atoms with Gasteiger partial charge in [-0.15, -0.1) is 0 Å². The first-order valence-corrected chi connectivity index (χ1v) is 13.4. The number of benzene rings is 2. The first kappa shape index (κ1) is 32.8. The van der Waals surface area contributed by atoms with Crippen molar-refractivity contribution in [3.05, 3.63) is 71.8 Å². The fourth-order valence-electron chi connectivity index (χ4n) is 3.88. The van der Waals surface area contributed by atoms with Gasteiger partial charge in [-0.1, -0.05) is 60.7 Å². The Hall–Kier alpha value is -3.37. The van der Waals surface area contributed by atoms with E-state index in [0.717, 1.165) is 5.56 Å². The predicted octanol–water partition coefficient (Wildman–Crippen LogP) is 4.22. The van der Waals surface area contributed by atoms with Crippen molar-refractivity contribution >= 4 is 36.4 Å². The topological polar surface area (TPSA) is 111 Å². The quantitative estimate of drug-likeness (QED) is 0.143. The minimum Gasteiger partial charge on any atom is -0.459 e. The molecular formula is C30H40N2O7S. The Morgan fingerprint density at radius 2 is 1.32 bits per heavy atom. The van der Waals surface area contributed by atoms with Crippen molar-refractivity contribution in [3.8, 4) is 0 Å². The molecule has 2 rings (SSSR count). The first-order chi connectivity index (χ1) is 18.5. The van der Waals surface area contributed by atoms with Crippen molar-refractivity contribution in [2.75, 3.05) is 7.05 Å². The van der Waals surface area contributed by atoms with Crippen LogP contribution in [-0.4, -0.2) is 57.8 Å². The number of hydrogen-bond acceptors (Lipinski definition) is 9. The van der Waals surface area contributed by atoms with Gasteiger partial charge in [-0.3, -0.25) is 14.5 Å². The summed E-state index contributed by atoms with van der Waals surface area (Å²) in [7, 11) is 1.50. The standard InChI is InChI=1S/C30H40N2O7S/c1-20(33)31-24(22-17-13-10-14-18-22)37-26(35)30(27(36)39-29(5,6)7,23(40)25(34)38-28(2,3)4)32(8)19-21-15-11-9-12-16-21/h9-18,23-24,40H,19H2,1-8H3,(H,31,33)/t23?,24?,30-/m0/s1. The lowest BCUT2D eigenvalue weighted by molar-refractivity contribution is -0.190. The molecule has 0 spiro atoms. The van der Waals surface area contributed by atoms with Crippen LogP contribution in [0, 0.1) is 0 Å². The molecule has 3 atom stereocenters. The summed E-state index contributed by atoms with van der Waals surface area (Å²) in [6.45, 7) is 11.2. The number of likely N-dealkylation sites (N-methyl/N-ethyl adjacent to an activating group) is 1. The molecule has 1 amide bonds. The van der Waals surface area contributed by atoms with Crippen LogP contribution in [-0.2, 0) is 39.9 Å². The van der Waals surface area contributed by atoms with Gasteiger partial charge in [0.1, 0.15) is 16.5 Å². The lowest BCUT2D eigenvalue weighted by Crippen LogP contribution is -2.68. The summed E-state index contributed by atoms with van der Waals surface area (Å²) in [5.41, 5.74) is -3.20. The number of thiol groups is 1. The van der Waals surface area contributed by atoms with Crippen molar-refractivity contribution in [1.29, 1.82) is 0 Å². The fourth-order valence-corrected chi connectivity index (χ4v) is 4.34. The molecule has 2 unspecified atom stereocenters. The van der Waals surface area contributed by atoms with Crippen LogP contribution in [0.5, 0.6) is 0 Å². The van der Waals surface area contributed by atoms with Crippen LogP contribution in [0.4, 0.5) is 0 Å². The molecular weight excluding hydrogens is 532 g/mol. The number of hydrogen-bond donors (Lipinski definition) is 2. The van der Waals surface area contributed by atoms with Crippen molar-refractivity contribution in [1.82, 2.24) is 10.2 Å². The molecule has 0 aliphatic heterocycles. The van der Waals surface area contributed by atoms with Crippen LogP contribution >= 0.6 is 12.6 Å². The van der Waals surface area contributed by atoms with Crippen LogP contribution < -0.4 is 5.32 Å². The molecule has 0 aromatic heterocycles. The lowest BCUT2D eigenvalue weighted by atomic mass is 9.90. The minimum atomic E-state index is -2.42. The Balaban J connectivity index is 2.74. The minimum absolute atomic E-state index is 0.0468. The number of rotatable bonds is 10. The fraction of sp³-hybridized carbons (Fsp3) is 0.467. The Bertz CT molecular complexity index is 1180. The normalized spacial score (nSPS) is 14.8. The molecule has 2 aromatic rings. The van der Waals surface area contributed by atoms with Gasteiger partial charge in [0, 0.05) is 19.0 Å². The maximum atomic E-state index is 14.3. The summed E-state index contributed by atoms with van der Waals surface area (Å²) in [4.78, 5) is 55.3. The molecule has 40 heavy (non-hydrogen) atoms. The van der Waals surface area contributed by atoms with Crippen LogP contribution in [0.3, 0.4) is 0 Å². The van der Waals surface area contributed by atoms with Gasteiger partial charge in [0.15, 0.2) is 0 Å². The summed E-state index contributed by atoms with van der Waals surface area (Å²) >= 11 is 4.53. The third-order valence-electron chi connectivity index (χ3n) is 5.57. The van der Waals surface area contributed by atoms with Crippen LogP contribution in [0.25, 0.3) is 0 Å². The highest BCUT2D eigenvalue weighted by Crippen LogP contribution is 2.34. The zero-order valence-electron chi connectivity index (χ0n) is 24.4. The van der Waals surface area contributed by atoms with E-state index in [4.69, 9.17) is 14.2 Å². The third-order valence-corrected chi connectivity index (χ3v) is 6.16. The SMILES string of the molecule is CC(=O)NC(OC(=O)[C@](C(=O)OC(C)(C)C)(C(S)C(=O)OC(C)(C)C)N(C)Cc1ccccc1)c1ccccc1. The van der Waals surface area contributed by atoms with Gasteiger partial charge < -0.3 is 19.5 Å². The second kappa shape index (κ2) is 13.3. The molecule has 1 N–H and O–H groups in total. The number of esters is 3. The highest BCUT2D eigenvalue weighted by molar-refractivity contribution is 7.82. The number of amides is 1. The molecule has 2 aromatic carbocycles. The summed E-state index contributed by atoms with van der Waals surface area (Å²) in [6, 6.07) is 17.6. The van der Waals surface area contributed by atoms with E-state index < -0.39 is 52.0 Å². The van der Waals surface area contributed by atoms with Crippen molar-refractivity contribution in [3.63, 3.8) is 0 Å². The second-order valence-electron chi connectivity index (χ2n) is 11.4. The number of nitrogens with zero attached hydrogens (tertiary/aromatic N) is 1. The Kier molecular flexibility index (Phi) is 10.9. The van der Waals surface area contributed by atoms with Gasteiger partial charge >= 0.3 is 17.9 Å². The van der Waals surface area contributed by atoms with Gasteiger partial charge in [-0.05, 0) is 54.2 Å². The monoisotopic (exact) mass is 572 g/mol. The molecule has 0 fully saturated rings. The molecule has 0 saturated heterocycles. The van der Waals surface area contributed by atoms with E-state index in [0.29, 0.717) is 5.56 Å². The maximum Gasteiger partial charge on any atom is 0.342 e.